The fourth-order valence-corrected chi connectivity index (χ4v) is 3.60. The Labute approximate surface area is 145 Å². The van der Waals surface area contributed by atoms with E-state index in [4.69, 9.17) is 4.99 Å². The molecule has 1 unspecified atom stereocenters. The summed E-state index contributed by atoms with van der Waals surface area (Å²) in [5, 5.41) is 14.3. The first kappa shape index (κ1) is 15.2. The van der Waals surface area contributed by atoms with Gasteiger partial charge in [0.25, 0.3) is 0 Å². The molecule has 6 heteroatoms. The third-order valence-electron chi connectivity index (χ3n) is 4.18. The molecule has 0 bridgehead atoms. The van der Waals surface area contributed by atoms with Crippen LogP contribution < -0.4 is 10.6 Å². The minimum atomic E-state index is -0.143. The van der Waals surface area contributed by atoms with Crippen LogP contribution in [0.5, 0.6) is 0 Å². The molecule has 3 heterocycles. The Kier molecular flexibility index (Phi) is 3.98. The molecule has 1 aliphatic heterocycles. The lowest BCUT2D eigenvalue weighted by Crippen LogP contribution is -2.32. The molecule has 3 N–H and O–H groups in total. The van der Waals surface area contributed by atoms with Crippen molar-refractivity contribution in [1.82, 2.24) is 15.5 Å². The number of thiophene rings is 1. The molecular formula is C18H21N5S. The summed E-state index contributed by atoms with van der Waals surface area (Å²) in [6.45, 7) is 4.12. The summed E-state index contributed by atoms with van der Waals surface area (Å²) in [6.07, 6.45) is 8.49. The first-order chi connectivity index (χ1) is 11.7. The summed E-state index contributed by atoms with van der Waals surface area (Å²) < 4.78 is 0. The number of amidine groups is 1. The zero-order valence-corrected chi connectivity index (χ0v) is 14.7. The third kappa shape index (κ3) is 3.14. The Balaban J connectivity index is 1.58. The second-order valence-electron chi connectivity index (χ2n) is 6.21. The first-order valence-corrected chi connectivity index (χ1v) is 9.10. The molecular weight excluding hydrogens is 318 g/mol. The molecule has 1 saturated carbocycles. The Bertz CT molecular complexity index is 822. The number of hydrogen-bond acceptors (Lipinski definition) is 5. The van der Waals surface area contributed by atoms with Gasteiger partial charge in [0.15, 0.2) is 0 Å². The Morgan fingerprint density at radius 1 is 1.33 bits per heavy atom. The largest absolute Gasteiger partial charge is 0.345 e. The number of aromatic amines is 1. The molecule has 124 valence electrons. The van der Waals surface area contributed by atoms with Crippen LogP contribution in [-0.4, -0.2) is 22.2 Å². The summed E-state index contributed by atoms with van der Waals surface area (Å²) in [7, 11) is 0. The standard InChI is InChI=1S/C18H21N5S/c1-3-4-13-10-19-18(15-8-5-11(2)24-15)21-17(13)20-16-9-14(22-23-16)12-6-7-12/h3-5,8-10,12,17H,6-7H2,1-2H3,(H,19,21)(H2,20,22,23)/b4-3+. The second kappa shape index (κ2) is 6.28. The first-order valence-electron chi connectivity index (χ1n) is 8.28. The number of aryl methyl sites for hydroxylation is 1. The van der Waals surface area contributed by atoms with Crippen molar-refractivity contribution in [3.63, 3.8) is 0 Å². The van der Waals surface area contributed by atoms with Crippen LogP contribution in [0.4, 0.5) is 5.82 Å². The molecule has 0 aromatic carbocycles. The van der Waals surface area contributed by atoms with Gasteiger partial charge in [-0.2, -0.15) is 5.10 Å². The van der Waals surface area contributed by atoms with Crippen LogP contribution >= 0.6 is 11.3 Å². The van der Waals surface area contributed by atoms with Crippen molar-refractivity contribution in [2.45, 2.75) is 38.8 Å². The molecule has 0 saturated heterocycles. The molecule has 24 heavy (non-hydrogen) atoms. The Morgan fingerprint density at radius 2 is 2.21 bits per heavy atom. The maximum absolute atomic E-state index is 4.86. The lowest BCUT2D eigenvalue weighted by molar-refractivity contribution is 0.850. The highest BCUT2D eigenvalue weighted by Crippen LogP contribution is 2.39. The predicted octanol–water partition coefficient (Wildman–Crippen LogP) is 3.91. The van der Waals surface area contributed by atoms with Crippen LogP contribution in [0.25, 0.3) is 0 Å². The van der Waals surface area contributed by atoms with Crippen molar-refractivity contribution in [1.29, 1.82) is 0 Å². The number of hydrogen-bond donors (Lipinski definition) is 3. The van der Waals surface area contributed by atoms with Crippen molar-refractivity contribution >= 4 is 23.0 Å². The molecule has 0 radical (unpaired) electrons. The fraction of sp³-hybridized carbons (Fsp3) is 0.333. The molecule has 1 fully saturated rings. The monoisotopic (exact) mass is 339 g/mol. The Hall–Kier alpha value is -2.34. The van der Waals surface area contributed by atoms with Crippen molar-refractivity contribution in [3.05, 3.63) is 57.6 Å². The highest BCUT2D eigenvalue weighted by Gasteiger charge is 2.26. The van der Waals surface area contributed by atoms with E-state index in [1.165, 1.54) is 23.4 Å². The van der Waals surface area contributed by atoms with Crippen LogP contribution in [0, 0.1) is 6.92 Å². The summed E-state index contributed by atoms with van der Waals surface area (Å²) in [5.74, 6) is 2.42. The van der Waals surface area contributed by atoms with Gasteiger partial charge < -0.3 is 10.6 Å². The average Bonchev–Trinajstić information content (AvgIpc) is 3.17. The van der Waals surface area contributed by atoms with Gasteiger partial charge in [0.05, 0.1) is 4.88 Å². The zero-order valence-electron chi connectivity index (χ0n) is 13.8. The van der Waals surface area contributed by atoms with E-state index in [0.717, 1.165) is 22.1 Å². The number of H-pyrrole nitrogens is 1. The molecule has 1 atom stereocenters. The van der Waals surface area contributed by atoms with Gasteiger partial charge >= 0.3 is 0 Å². The van der Waals surface area contributed by atoms with Crippen molar-refractivity contribution in [2.24, 2.45) is 4.99 Å². The van der Waals surface area contributed by atoms with Crippen LogP contribution in [0.15, 0.2) is 47.1 Å². The highest BCUT2D eigenvalue weighted by atomic mass is 32.1. The van der Waals surface area contributed by atoms with Crippen LogP contribution in [0.1, 0.15) is 41.1 Å². The maximum atomic E-state index is 4.86. The smallest absolute Gasteiger partial charge is 0.149 e. The molecule has 0 amide bonds. The number of rotatable bonds is 5. The number of nitrogens with one attached hydrogen (secondary N) is 3. The number of nitrogens with zero attached hydrogens (tertiary/aromatic N) is 2. The minimum absolute atomic E-state index is 0.143. The highest BCUT2D eigenvalue weighted by molar-refractivity contribution is 7.14. The van der Waals surface area contributed by atoms with Gasteiger partial charge in [0.1, 0.15) is 17.8 Å². The van der Waals surface area contributed by atoms with Crippen molar-refractivity contribution in [3.8, 4) is 0 Å². The van der Waals surface area contributed by atoms with E-state index in [9.17, 15) is 0 Å². The van der Waals surface area contributed by atoms with E-state index < -0.39 is 0 Å². The molecule has 2 aromatic heterocycles. The maximum Gasteiger partial charge on any atom is 0.149 e. The lowest BCUT2D eigenvalue weighted by atomic mass is 10.1. The summed E-state index contributed by atoms with van der Waals surface area (Å²) >= 11 is 1.74. The molecule has 0 spiro atoms. The second-order valence-corrected chi connectivity index (χ2v) is 7.49. The van der Waals surface area contributed by atoms with E-state index in [1.54, 1.807) is 11.3 Å². The topological polar surface area (TPSA) is 65.1 Å². The lowest BCUT2D eigenvalue weighted by Gasteiger charge is -2.22. The average molecular weight is 339 g/mol. The molecule has 2 aromatic rings. The van der Waals surface area contributed by atoms with Crippen LogP contribution in [0.2, 0.25) is 0 Å². The SMILES string of the molecule is C/C=C/C1=CNC(c2ccc(C)s2)=NC1Nc1cc(C2CC2)[nH]n1. The van der Waals surface area contributed by atoms with E-state index in [0.29, 0.717) is 5.92 Å². The van der Waals surface area contributed by atoms with Gasteiger partial charge in [-0.15, -0.1) is 11.3 Å². The van der Waals surface area contributed by atoms with Gasteiger partial charge in [-0.05, 0) is 38.8 Å². The van der Waals surface area contributed by atoms with E-state index in [2.05, 4.69) is 52.0 Å². The van der Waals surface area contributed by atoms with E-state index in [-0.39, 0.29) is 6.17 Å². The molecule has 2 aliphatic rings. The minimum Gasteiger partial charge on any atom is -0.345 e. The van der Waals surface area contributed by atoms with Crippen molar-refractivity contribution < 1.29 is 0 Å². The molecule has 5 nitrogen and oxygen atoms in total. The van der Waals surface area contributed by atoms with Gasteiger partial charge in [0, 0.05) is 34.3 Å². The van der Waals surface area contributed by atoms with Crippen molar-refractivity contribution in [2.75, 3.05) is 5.32 Å². The molecule has 4 rings (SSSR count). The van der Waals surface area contributed by atoms with E-state index >= 15 is 0 Å². The summed E-state index contributed by atoms with van der Waals surface area (Å²) in [5.41, 5.74) is 2.31. The normalized spacial score (nSPS) is 20.7. The zero-order chi connectivity index (χ0) is 16.5. The fourth-order valence-electron chi connectivity index (χ4n) is 2.77. The van der Waals surface area contributed by atoms with Crippen LogP contribution in [-0.2, 0) is 0 Å². The van der Waals surface area contributed by atoms with Gasteiger partial charge in [-0.25, -0.2) is 4.99 Å². The summed E-state index contributed by atoms with van der Waals surface area (Å²) in [6, 6.07) is 6.34. The quantitative estimate of drug-likeness (QED) is 0.774. The number of aliphatic imine (C=N–C) groups is 1. The third-order valence-corrected chi connectivity index (χ3v) is 5.19. The Morgan fingerprint density at radius 3 is 2.92 bits per heavy atom. The summed E-state index contributed by atoms with van der Waals surface area (Å²) in [4.78, 5) is 7.29. The number of anilines is 1. The van der Waals surface area contributed by atoms with Gasteiger partial charge in [-0.3, -0.25) is 5.10 Å². The number of allylic oxidation sites excluding steroid dienone is 1. The van der Waals surface area contributed by atoms with Crippen LogP contribution in [0.3, 0.4) is 0 Å². The predicted molar refractivity (Wildman–Crippen MR) is 99.6 cm³/mol. The van der Waals surface area contributed by atoms with Gasteiger partial charge in [0.2, 0.25) is 0 Å². The van der Waals surface area contributed by atoms with E-state index in [1.807, 2.05) is 19.2 Å². The number of aromatic nitrogens is 2. The van der Waals surface area contributed by atoms with Gasteiger partial charge in [-0.1, -0.05) is 12.2 Å². The molecule has 1 aliphatic carbocycles.